The molecule has 6 heteroatoms. The van der Waals surface area contributed by atoms with Crippen molar-refractivity contribution < 1.29 is 0 Å². The molecule has 0 saturated carbocycles. The van der Waals surface area contributed by atoms with Gasteiger partial charge in [-0.25, -0.2) is 0 Å². The zero-order valence-electron chi connectivity index (χ0n) is 52.2. The third kappa shape index (κ3) is 25.0. The average molecular weight is 1230 g/mol. The van der Waals surface area contributed by atoms with Crippen LogP contribution in [0.1, 0.15) is 323 Å². The quantitative estimate of drug-likeness (QED) is 0.0288. The SMILES string of the molecule is CCCCCCCCCCCCC(CCCCCCCCCC)CCCCn1c2ccc(Br)cc2c(=O)c2cc3c(cc21)c(=O)c1cc(Br)ccc1n3CCCCC(CCCCCCCCCC)CCCCCCCCCCCC. The number of fused-ring (bicyclic) bond motifs is 4. The lowest BCUT2D eigenvalue weighted by molar-refractivity contribution is 0.365. The monoisotopic (exact) mass is 1220 g/mol. The minimum absolute atomic E-state index is 0.0575. The van der Waals surface area contributed by atoms with E-state index in [1.165, 1.54) is 283 Å². The molecule has 450 valence electrons. The number of nitrogens with zero attached hydrogens (tertiary/aromatic N) is 2. The second kappa shape index (κ2) is 42.4. The number of pyridine rings is 2. The summed E-state index contributed by atoms with van der Waals surface area (Å²) in [5.74, 6) is 1.59. The molecule has 0 aliphatic heterocycles. The summed E-state index contributed by atoms with van der Waals surface area (Å²) in [6.45, 7) is 10.9. The zero-order chi connectivity index (χ0) is 56.8. The minimum Gasteiger partial charge on any atom is -0.340 e. The fourth-order valence-electron chi connectivity index (χ4n) is 13.5. The van der Waals surface area contributed by atoms with Crippen LogP contribution in [0, 0.1) is 11.8 Å². The number of aryl methyl sites for hydroxylation is 2. The molecular weight excluding hydrogens is 1110 g/mol. The van der Waals surface area contributed by atoms with E-state index in [-0.39, 0.29) is 10.9 Å². The number of hydrogen-bond donors (Lipinski definition) is 0. The molecule has 0 amide bonds. The van der Waals surface area contributed by atoms with Gasteiger partial charge in [-0.05, 0) is 73.2 Å². The highest BCUT2D eigenvalue weighted by atomic mass is 79.9. The summed E-state index contributed by atoms with van der Waals surface area (Å²) >= 11 is 7.47. The first-order valence-corrected chi connectivity index (χ1v) is 36.3. The van der Waals surface area contributed by atoms with Gasteiger partial charge in [0.1, 0.15) is 0 Å². The first-order chi connectivity index (χ1) is 39.3. The van der Waals surface area contributed by atoms with Crippen LogP contribution in [0.15, 0.2) is 67.1 Å². The Morgan fingerprint density at radius 1 is 0.287 bits per heavy atom. The van der Waals surface area contributed by atoms with E-state index in [1.807, 2.05) is 12.1 Å². The summed E-state index contributed by atoms with van der Waals surface area (Å²) in [5.41, 5.74) is 3.84. The van der Waals surface area contributed by atoms with Crippen LogP contribution in [-0.4, -0.2) is 9.13 Å². The Morgan fingerprint density at radius 2 is 0.512 bits per heavy atom. The van der Waals surface area contributed by atoms with Gasteiger partial charge in [0, 0.05) is 43.6 Å². The molecule has 2 heterocycles. The Hall–Kier alpha value is -2.44. The second-order valence-corrected chi connectivity index (χ2v) is 27.2. The van der Waals surface area contributed by atoms with Crippen LogP contribution >= 0.6 is 31.9 Å². The summed E-state index contributed by atoms with van der Waals surface area (Å²) in [5, 5.41) is 2.96. The van der Waals surface area contributed by atoms with E-state index < -0.39 is 0 Å². The first-order valence-electron chi connectivity index (χ1n) is 34.7. The largest absolute Gasteiger partial charge is 0.340 e. The Balaban J connectivity index is 1.31. The van der Waals surface area contributed by atoms with Crippen molar-refractivity contribution in [1.29, 1.82) is 0 Å². The highest BCUT2D eigenvalue weighted by Crippen LogP contribution is 2.32. The van der Waals surface area contributed by atoms with Crippen LogP contribution in [0.5, 0.6) is 0 Å². The van der Waals surface area contributed by atoms with Crippen LogP contribution in [-0.2, 0) is 13.1 Å². The Labute approximate surface area is 507 Å². The van der Waals surface area contributed by atoms with Gasteiger partial charge in [-0.2, -0.15) is 0 Å². The average Bonchev–Trinajstić information content (AvgIpc) is 3.66. The molecule has 0 aliphatic rings. The van der Waals surface area contributed by atoms with Crippen molar-refractivity contribution in [2.24, 2.45) is 11.8 Å². The highest BCUT2D eigenvalue weighted by molar-refractivity contribution is 9.10. The molecule has 0 spiro atoms. The lowest BCUT2D eigenvalue weighted by Crippen LogP contribution is -2.16. The van der Waals surface area contributed by atoms with Gasteiger partial charge in [0.25, 0.3) is 0 Å². The van der Waals surface area contributed by atoms with Crippen molar-refractivity contribution in [2.75, 3.05) is 0 Å². The van der Waals surface area contributed by atoms with Crippen LogP contribution in [0.25, 0.3) is 43.6 Å². The number of aromatic nitrogens is 2. The van der Waals surface area contributed by atoms with Crippen molar-refractivity contribution in [1.82, 2.24) is 9.13 Å². The molecule has 3 aromatic carbocycles. The van der Waals surface area contributed by atoms with E-state index in [4.69, 9.17) is 0 Å². The summed E-state index contributed by atoms with van der Waals surface area (Å²) in [6, 6.07) is 16.7. The standard InChI is InChI=1S/C74H118Br2N2O2/c1-5-9-13-17-21-25-27-31-35-39-47-61(45-37-33-29-23-19-15-11-7-3)49-41-43-55-77-69-53-51-63(75)57-65(69)73(79)67-60-72-68(59-71(67)77)74(80)66-58-64(76)52-54-70(66)78(72)56-44-42-50-62(46-38-34-30-24-20-16-12-8-4)48-40-36-32-28-26-22-18-14-10-6-2/h51-54,57-62H,5-50,55-56H2,1-4H3. The predicted molar refractivity (Wildman–Crippen MR) is 362 cm³/mol. The topological polar surface area (TPSA) is 44.0 Å². The highest BCUT2D eigenvalue weighted by Gasteiger charge is 2.19. The maximum Gasteiger partial charge on any atom is 0.197 e. The molecule has 2 unspecified atom stereocenters. The lowest BCUT2D eigenvalue weighted by atomic mass is 9.89. The molecule has 5 aromatic rings. The normalized spacial score (nSPS) is 12.8. The van der Waals surface area contributed by atoms with E-state index >= 15 is 0 Å². The summed E-state index contributed by atoms with van der Waals surface area (Å²) < 4.78 is 6.63. The van der Waals surface area contributed by atoms with Gasteiger partial charge in [-0.15, -0.1) is 0 Å². The van der Waals surface area contributed by atoms with Gasteiger partial charge < -0.3 is 9.13 Å². The second-order valence-electron chi connectivity index (χ2n) is 25.4. The van der Waals surface area contributed by atoms with E-state index in [0.29, 0.717) is 0 Å². The summed E-state index contributed by atoms with van der Waals surface area (Å²) in [7, 11) is 0. The molecule has 80 heavy (non-hydrogen) atoms. The van der Waals surface area contributed by atoms with E-state index in [1.54, 1.807) is 0 Å². The fourth-order valence-corrected chi connectivity index (χ4v) is 14.2. The maximum atomic E-state index is 14.8. The molecule has 0 saturated heterocycles. The van der Waals surface area contributed by atoms with Gasteiger partial charge >= 0.3 is 0 Å². The Bertz CT molecular complexity index is 2370. The molecular formula is C74H118Br2N2O2. The number of hydrogen-bond acceptors (Lipinski definition) is 2. The Kier molecular flexibility index (Phi) is 36.2. The van der Waals surface area contributed by atoms with Crippen LogP contribution in [0.2, 0.25) is 0 Å². The maximum absolute atomic E-state index is 14.8. The van der Waals surface area contributed by atoms with E-state index in [0.717, 1.165) is 90.3 Å². The molecule has 2 aromatic heterocycles. The predicted octanol–water partition coefficient (Wildman–Crippen LogP) is 25.4. The van der Waals surface area contributed by atoms with Gasteiger partial charge in [0.05, 0.1) is 22.1 Å². The molecule has 0 fully saturated rings. The summed E-state index contributed by atoms with van der Waals surface area (Å²) in [4.78, 5) is 29.6. The fraction of sp³-hybridized carbons (Fsp3) is 0.730. The third-order valence-corrected chi connectivity index (χ3v) is 19.5. The molecule has 0 bridgehead atoms. The number of rotatable bonds is 50. The molecule has 2 atom stereocenters. The van der Waals surface area contributed by atoms with E-state index in [9.17, 15) is 9.59 Å². The van der Waals surface area contributed by atoms with Crippen molar-refractivity contribution in [3.05, 3.63) is 77.9 Å². The third-order valence-electron chi connectivity index (χ3n) is 18.5. The molecule has 5 rings (SSSR count). The van der Waals surface area contributed by atoms with Gasteiger partial charge in [0.15, 0.2) is 10.9 Å². The van der Waals surface area contributed by atoms with Crippen molar-refractivity contribution >= 4 is 75.5 Å². The van der Waals surface area contributed by atoms with Gasteiger partial charge in [-0.1, -0.05) is 342 Å². The van der Waals surface area contributed by atoms with Crippen molar-refractivity contribution in [3.63, 3.8) is 0 Å². The number of benzene rings is 3. The zero-order valence-corrected chi connectivity index (χ0v) is 55.4. The number of halogens is 2. The van der Waals surface area contributed by atoms with E-state index in [2.05, 4.69) is 105 Å². The first kappa shape index (κ1) is 68.3. The Morgan fingerprint density at radius 3 is 0.775 bits per heavy atom. The molecule has 4 nitrogen and oxygen atoms in total. The van der Waals surface area contributed by atoms with Crippen molar-refractivity contribution in [2.45, 2.75) is 336 Å². The number of unbranched alkanes of at least 4 members (excludes halogenated alkanes) is 34. The minimum atomic E-state index is 0.0575. The lowest BCUT2D eigenvalue weighted by Gasteiger charge is -2.21. The van der Waals surface area contributed by atoms with Crippen LogP contribution in [0.3, 0.4) is 0 Å². The molecule has 0 radical (unpaired) electrons. The van der Waals surface area contributed by atoms with Gasteiger partial charge in [-0.3, -0.25) is 9.59 Å². The molecule has 0 aliphatic carbocycles. The smallest absolute Gasteiger partial charge is 0.197 e. The van der Waals surface area contributed by atoms with Crippen LogP contribution < -0.4 is 10.9 Å². The van der Waals surface area contributed by atoms with Gasteiger partial charge in [0.2, 0.25) is 0 Å². The summed E-state index contributed by atoms with van der Waals surface area (Å²) in [6.07, 6.45) is 62.5. The van der Waals surface area contributed by atoms with Crippen LogP contribution in [0.4, 0.5) is 0 Å². The van der Waals surface area contributed by atoms with Crippen molar-refractivity contribution in [3.8, 4) is 0 Å². The molecule has 0 N–H and O–H groups in total.